The van der Waals surface area contributed by atoms with Crippen LogP contribution in [-0.2, 0) is 0 Å². The van der Waals surface area contributed by atoms with Crippen LogP contribution in [0.15, 0.2) is 30.6 Å². The number of hydrogen-bond acceptors (Lipinski definition) is 4. The summed E-state index contributed by atoms with van der Waals surface area (Å²) in [6.07, 6.45) is 2.93. The van der Waals surface area contributed by atoms with E-state index in [0.29, 0.717) is 28.7 Å². The van der Waals surface area contributed by atoms with Crippen molar-refractivity contribution in [1.82, 2.24) is 9.97 Å². The van der Waals surface area contributed by atoms with Crippen LogP contribution in [-0.4, -0.2) is 28.5 Å². The average molecular weight is 304 g/mol. The zero-order valence-corrected chi connectivity index (χ0v) is 12.5. The van der Waals surface area contributed by atoms with Crippen LogP contribution in [0.5, 0.6) is 5.75 Å². The lowest BCUT2D eigenvalue weighted by Gasteiger charge is -2.33. The van der Waals surface area contributed by atoms with Gasteiger partial charge in [-0.05, 0) is 26.0 Å². The smallest absolute Gasteiger partial charge is 0.278 e. The van der Waals surface area contributed by atoms with Crippen LogP contribution in [0.4, 0.5) is 5.69 Å². The molecule has 3 rings (SSSR count). The number of benzene rings is 1. The molecule has 1 atom stereocenters. The fourth-order valence-electron chi connectivity index (χ4n) is 2.25. The lowest BCUT2D eigenvalue weighted by molar-refractivity contribution is 0.0956. The minimum absolute atomic E-state index is 0.139. The van der Waals surface area contributed by atoms with E-state index in [4.69, 9.17) is 16.3 Å². The highest BCUT2D eigenvalue weighted by Gasteiger charge is 2.30. The van der Waals surface area contributed by atoms with Crippen molar-refractivity contribution in [3.05, 3.63) is 47.0 Å². The topological polar surface area (TPSA) is 55.3 Å². The Morgan fingerprint density at radius 2 is 2.19 bits per heavy atom. The molecule has 108 valence electrons. The van der Waals surface area contributed by atoms with Gasteiger partial charge >= 0.3 is 0 Å². The molecule has 1 amide bonds. The second-order valence-electron chi connectivity index (χ2n) is 4.98. The summed E-state index contributed by atoms with van der Waals surface area (Å²) < 4.78 is 5.74. The van der Waals surface area contributed by atoms with Gasteiger partial charge in [-0.25, -0.2) is 4.98 Å². The first-order valence-electron chi connectivity index (χ1n) is 6.62. The Morgan fingerprint density at radius 3 is 2.90 bits per heavy atom. The molecular weight excluding hydrogens is 290 g/mol. The Hall–Kier alpha value is -2.14. The standard InChI is InChI=1S/C15H14ClN3O2/c1-9-6-18-12(7-17-9)15(20)19-8-10(2)21-14-11(16)4-3-5-13(14)19/h3-7,10H,8H2,1-2H3/t10-/m1/s1. The lowest BCUT2D eigenvalue weighted by atomic mass is 10.2. The third-order valence-corrected chi connectivity index (χ3v) is 3.54. The fraction of sp³-hybridized carbons (Fsp3) is 0.267. The summed E-state index contributed by atoms with van der Waals surface area (Å²) in [6, 6.07) is 5.35. The van der Waals surface area contributed by atoms with E-state index in [1.807, 2.05) is 19.9 Å². The number of hydrogen-bond donors (Lipinski definition) is 0. The van der Waals surface area contributed by atoms with Crippen molar-refractivity contribution in [1.29, 1.82) is 0 Å². The molecule has 5 nitrogen and oxygen atoms in total. The minimum Gasteiger partial charge on any atom is -0.485 e. The molecule has 0 saturated carbocycles. The highest BCUT2D eigenvalue weighted by atomic mass is 35.5. The largest absolute Gasteiger partial charge is 0.485 e. The molecule has 21 heavy (non-hydrogen) atoms. The number of anilines is 1. The van der Waals surface area contributed by atoms with Crippen molar-refractivity contribution in [2.75, 3.05) is 11.4 Å². The van der Waals surface area contributed by atoms with E-state index in [-0.39, 0.29) is 12.0 Å². The van der Waals surface area contributed by atoms with E-state index in [9.17, 15) is 4.79 Å². The molecule has 0 fully saturated rings. The average Bonchev–Trinajstić information content (AvgIpc) is 2.47. The molecular formula is C15H14ClN3O2. The third-order valence-electron chi connectivity index (χ3n) is 3.24. The van der Waals surface area contributed by atoms with Crippen LogP contribution in [0.25, 0.3) is 0 Å². The van der Waals surface area contributed by atoms with Crippen LogP contribution >= 0.6 is 11.6 Å². The number of aromatic nitrogens is 2. The van der Waals surface area contributed by atoms with Gasteiger partial charge in [0.1, 0.15) is 11.8 Å². The number of halogens is 1. The molecule has 0 bridgehead atoms. The monoisotopic (exact) mass is 303 g/mol. The Morgan fingerprint density at radius 1 is 1.38 bits per heavy atom. The van der Waals surface area contributed by atoms with E-state index in [1.165, 1.54) is 6.20 Å². The van der Waals surface area contributed by atoms with E-state index in [0.717, 1.165) is 5.69 Å². The summed E-state index contributed by atoms with van der Waals surface area (Å²) in [5.41, 5.74) is 1.74. The predicted octanol–water partition coefficient (Wildman–Crippen LogP) is 2.87. The zero-order valence-electron chi connectivity index (χ0n) is 11.7. The lowest BCUT2D eigenvalue weighted by Crippen LogP contribution is -2.42. The highest BCUT2D eigenvalue weighted by Crippen LogP contribution is 2.39. The van der Waals surface area contributed by atoms with Gasteiger partial charge in [0.25, 0.3) is 5.91 Å². The zero-order chi connectivity index (χ0) is 15.0. The van der Waals surface area contributed by atoms with Crippen molar-refractivity contribution in [2.24, 2.45) is 0 Å². The molecule has 6 heteroatoms. The van der Waals surface area contributed by atoms with Gasteiger partial charge in [-0.2, -0.15) is 0 Å². The van der Waals surface area contributed by atoms with Gasteiger partial charge in [0, 0.05) is 6.20 Å². The first kappa shape index (κ1) is 13.8. The maximum atomic E-state index is 12.7. The molecule has 0 N–H and O–H groups in total. The van der Waals surface area contributed by atoms with Crippen molar-refractivity contribution in [3.63, 3.8) is 0 Å². The van der Waals surface area contributed by atoms with Gasteiger partial charge in [-0.15, -0.1) is 0 Å². The minimum atomic E-state index is -0.207. The molecule has 0 saturated heterocycles. The van der Waals surface area contributed by atoms with Crippen LogP contribution < -0.4 is 9.64 Å². The molecule has 0 spiro atoms. The summed E-state index contributed by atoms with van der Waals surface area (Å²) in [4.78, 5) is 22.6. The van der Waals surface area contributed by atoms with Gasteiger partial charge in [0.05, 0.1) is 29.1 Å². The van der Waals surface area contributed by atoms with Crippen molar-refractivity contribution in [3.8, 4) is 5.75 Å². The number of aryl methyl sites for hydroxylation is 1. The van der Waals surface area contributed by atoms with Crippen LogP contribution in [0, 0.1) is 6.92 Å². The molecule has 1 aliphatic heterocycles. The number of rotatable bonds is 1. The number of nitrogens with zero attached hydrogens (tertiary/aromatic N) is 3. The molecule has 0 radical (unpaired) electrons. The van der Waals surface area contributed by atoms with E-state index in [2.05, 4.69) is 9.97 Å². The van der Waals surface area contributed by atoms with Crippen LogP contribution in [0.3, 0.4) is 0 Å². The second-order valence-corrected chi connectivity index (χ2v) is 5.38. The first-order valence-corrected chi connectivity index (χ1v) is 6.99. The number of carbonyl (C=O) groups excluding carboxylic acids is 1. The molecule has 1 aromatic heterocycles. The van der Waals surface area contributed by atoms with Gasteiger partial charge in [-0.1, -0.05) is 17.7 Å². The quantitative estimate of drug-likeness (QED) is 0.813. The van der Waals surface area contributed by atoms with Crippen LogP contribution in [0.2, 0.25) is 5.02 Å². The summed E-state index contributed by atoms with van der Waals surface area (Å²) in [6.45, 7) is 4.17. The first-order chi connectivity index (χ1) is 10.1. The third kappa shape index (κ3) is 2.56. The Bertz CT molecular complexity index is 688. The van der Waals surface area contributed by atoms with Crippen molar-refractivity contribution >= 4 is 23.2 Å². The van der Waals surface area contributed by atoms with E-state index in [1.54, 1.807) is 23.2 Å². The van der Waals surface area contributed by atoms with E-state index >= 15 is 0 Å². The summed E-state index contributed by atoms with van der Waals surface area (Å²) in [5.74, 6) is 0.326. The predicted molar refractivity (Wildman–Crippen MR) is 80.0 cm³/mol. The second kappa shape index (κ2) is 5.33. The number of para-hydroxylation sites is 1. The number of carbonyl (C=O) groups is 1. The molecule has 2 aromatic rings. The van der Waals surface area contributed by atoms with E-state index < -0.39 is 0 Å². The van der Waals surface area contributed by atoms with Gasteiger partial charge in [-0.3, -0.25) is 14.7 Å². The highest BCUT2D eigenvalue weighted by molar-refractivity contribution is 6.32. The summed E-state index contributed by atoms with van der Waals surface area (Å²) in [7, 11) is 0. The Balaban J connectivity index is 2.01. The number of fused-ring (bicyclic) bond motifs is 1. The summed E-state index contributed by atoms with van der Waals surface area (Å²) in [5, 5.41) is 0.492. The van der Waals surface area contributed by atoms with Crippen LogP contribution in [0.1, 0.15) is 23.1 Å². The fourth-order valence-corrected chi connectivity index (χ4v) is 2.47. The van der Waals surface area contributed by atoms with Crippen molar-refractivity contribution < 1.29 is 9.53 Å². The summed E-state index contributed by atoms with van der Waals surface area (Å²) >= 11 is 6.15. The van der Waals surface area contributed by atoms with Gasteiger partial charge in [0.15, 0.2) is 5.75 Å². The molecule has 2 heterocycles. The normalized spacial score (nSPS) is 17.1. The molecule has 1 aromatic carbocycles. The molecule has 0 unspecified atom stereocenters. The number of amides is 1. The molecule has 0 aliphatic carbocycles. The van der Waals surface area contributed by atoms with Crippen molar-refractivity contribution in [2.45, 2.75) is 20.0 Å². The maximum Gasteiger partial charge on any atom is 0.278 e. The SMILES string of the molecule is Cc1cnc(C(=O)N2C[C@@H](C)Oc3c(Cl)cccc32)cn1. The Labute approximate surface area is 127 Å². The maximum absolute atomic E-state index is 12.7. The van der Waals surface area contributed by atoms with Gasteiger partial charge in [0.2, 0.25) is 0 Å². The molecule has 1 aliphatic rings. The number of ether oxygens (including phenoxy) is 1. The Kier molecular flexibility index (Phi) is 3.51. The van der Waals surface area contributed by atoms with Gasteiger partial charge < -0.3 is 4.74 Å².